The Labute approximate surface area is 171 Å². The number of imidazole rings is 1. The molecule has 0 unspecified atom stereocenters. The number of benzene rings is 1. The zero-order valence-electron chi connectivity index (χ0n) is 16.9. The van der Waals surface area contributed by atoms with Crippen molar-refractivity contribution in [1.29, 1.82) is 0 Å². The number of rotatable bonds is 9. The van der Waals surface area contributed by atoms with Gasteiger partial charge in [-0.1, -0.05) is 32.0 Å². The number of anilines is 1. The Morgan fingerprint density at radius 2 is 1.76 bits per heavy atom. The fraction of sp³-hybridized carbons (Fsp3) is 0.304. The van der Waals surface area contributed by atoms with E-state index in [-0.39, 0.29) is 24.7 Å². The van der Waals surface area contributed by atoms with E-state index in [1.165, 1.54) is 0 Å². The van der Waals surface area contributed by atoms with E-state index in [0.717, 1.165) is 36.5 Å². The molecule has 1 N–H and O–H groups in total. The highest BCUT2D eigenvalue weighted by Crippen LogP contribution is 2.19. The fourth-order valence-corrected chi connectivity index (χ4v) is 3.24. The van der Waals surface area contributed by atoms with Gasteiger partial charge in [0.1, 0.15) is 11.5 Å². The number of carbonyl (C=O) groups is 2. The molecule has 3 aromatic rings. The van der Waals surface area contributed by atoms with E-state index in [2.05, 4.69) is 21.9 Å². The van der Waals surface area contributed by atoms with E-state index in [0.29, 0.717) is 11.3 Å². The van der Waals surface area contributed by atoms with Crippen LogP contribution in [0.5, 0.6) is 0 Å². The highest BCUT2D eigenvalue weighted by Gasteiger charge is 2.21. The third-order valence-electron chi connectivity index (χ3n) is 4.74. The summed E-state index contributed by atoms with van der Waals surface area (Å²) in [4.78, 5) is 39.4. The number of aromatic amines is 1. The maximum atomic E-state index is 13.1. The van der Waals surface area contributed by atoms with Crippen molar-refractivity contribution in [3.05, 3.63) is 77.6 Å². The van der Waals surface area contributed by atoms with Crippen molar-refractivity contribution >= 4 is 17.4 Å². The molecular formula is C23H26N4O2. The monoisotopic (exact) mass is 390 g/mol. The lowest BCUT2D eigenvalue weighted by Crippen LogP contribution is -2.33. The summed E-state index contributed by atoms with van der Waals surface area (Å²) in [6.07, 6.45) is 5.89. The van der Waals surface area contributed by atoms with Gasteiger partial charge in [0.05, 0.1) is 0 Å². The molecule has 0 aliphatic carbocycles. The summed E-state index contributed by atoms with van der Waals surface area (Å²) in [5.74, 6) is 0.639. The van der Waals surface area contributed by atoms with Crippen molar-refractivity contribution in [2.45, 2.75) is 39.5 Å². The minimum absolute atomic E-state index is 0.0519. The van der Waals surface area contributed by atoms with E-state index in [9.17, 15) is 9.59 Å². The number of nitrogens with zero attached hydrogens (tertiary/aromatic N) is 3. The van der Waals surface area contributed by atoms with Gasteiger partial charge >= 0.3 is 0 Å². The van der Waals surface area contributed by atoms with E-state index in [1.807, 2.05) is 37.3 Å². The Kier molecular flexibility index (Phi) is 6.89. The topological polar surface area (TPSA) is 79.0 Å². The van der Waals surface area contributed by atoms with Gasteiger partial charge in [0.2, 0.25) is 0 Å². The van der Waals surface area contributed by atoms with Crippen molar-refractivity contribution in [1.82, 2.24) is 15.0 Å². The standard InChI is InChI=1S/C23H26N4O2/c1-3-8-21-25-19(4-2)22(26-21)20(28)13-16-27(18-9-6-5-7-10-18)23(29)17-11-14-24-15-12-17/h5-7,9-12,14-15H,3-4,8,13,16H2,1-2H3,(H,25,26). The molecule has 2 aromatic heterocycles. The first-order valence-corrected chi connectivity index (χ1v) is 10.0. The second-order valence-electron chi connectivity index (χ2n) is 6.82. The number of carbonyl (C=O) groups excluding carboxylic acids is 2. The Morgan fingerprint density at radius 1 is 1.03 bits per heavy atom. The number of aromatic nitrogens is 3. The third-order valence-corrected chi connectivity index (χ3v) is 4.74. The summed E-state index contributed by atoms with van der Waals surface area (Å²) >= 11 is 0. The SMILES string of the molecule is CCCc1nc(C(=O)CCN(C(=O)c2ccncc2)c2ccccc2)c(CC)[nH]1. The lowest BCUT2D eigenvalue weighted by Gasteiger charge is -2.22. The number of para-hydroxylation sites is 1. The number of Topliss-reactive ketones (excluding diaryl/α,β-unsaturated/α-hetero) is 1. The van der Waals surface area contributed by atoms with Crippen LogP contribution >= 0.6 is 0 Å². The van der Waals surface area contributed by atoms with Gasteiger partial charge in [0.25, 0.3) is 5.91 Å². The molecule has 6 nitrogen and oxygen atoms in total. The number of aryl methyl sites for hydroxylation is 2. The van der Waals surface area contributed by atoms with Crippen molar-refractivity contribution in [2.24, 2.45) is 0 Å². The summed E-state index contributed by atoms with van der Waals surface area (Å²) in [5, 5.41) is 0. The molecule has 0 atom stereocenters. The molecule has 0 radical (unpaired) electrons. The van der Waals surface area contributed by atoms with Crippen LogP contribution in [0.2, 0.25) is 0 Å². The molecule has 29 heavy (non-hydrogen) atoms. The van der Waals surface area contributed by atoms with E-state index >= 15 is 0 Å². The van der Waals surface area contributed by atoms with Gasteiger partial charge in [-0.05, 0) is 37.1 Å². The minimum atomic E-state index is -0.157. The molecule has 0 bridgehead atoms. The number of H-pyrrole nitrogens is 1. The van der Waals surface area contributed by atoms with Gasteiger partial charge in [-0.3, -0.25) is 14.6 Å². The fourth-order valence-electron chi connectivity index (χ4n) is 3.24. The summed E-state index contributed by atoms with van der Waals surface area (Å²) in [6.45, 7) is 4.37. The van der Waals surface area contributed by atoms with Gasteiger partial charge in [-0.2, -0.15) is 0 Å². The van der Waals surface area contributed by atoms with Crippen molar-refractivity contribution < 1.29 is 9.59 Å². The largest absolute Gasteiger partial charge is 0.345 e. The number of amides is 1. The Morgan fingerprint density at radius 3 is 2.41 bits per heavy atom. The molecule has 1 amide bonds. The summed E-state index contributed by atoms with van der Waals surface area (Å²) in [7, 11) is 0. The summed E-state index contributed by atoms with van der Waals surface area (Å²) < 4.78 is 0. The van der Waals surface area contributed by atoms with Gasteiger partial charge in [0, 0.05) is 48.7 Å². The lowest BCUT2D eigenvalue weighted by molar-refractivity contribution is 0.0964. The molecule has 1 aromatic carbocycles. The van der Waals surface area contributed by atoms with Gasteiger partial charge < -0.3 is 9.88 Å². The van der Waals surface area contributed by atoms with E-state index < -0.39 is 0 Å². The maximum absolute atomic E-state index is 13.1. The number of pyridine rings is 1. The maximum Gasteiger partial charge on any atom is 0.258 e. The van der Waals surface area contributed by atoms with Gasteiger partial charge in [-0.25, -0.2) is 4.98 Å². The first kappa shape index (κ1) is 20.5. The molecule has 0 saturated carbocycles. The van der Waals surface area contributed by atoms with Crippen LogP contribution in [0.4, 0.5) is 5.69 Å². The molecule has 0 aliphatic rings. The second kappa shape index (κ2) is 9.78. The first-order chi connectivity index (χ1) is 14.1. The Hall–Kier alpha value is -3.28. The number of ketones is 1. The van der Waals surface area contributed by atoms with Crippen molar-refractivity contribution in [3.8, 4) is 0 Å². The predicted octanol–water partition coefficient (Wildman–Crippen LogP) is 4.24. The molecule has 2 heterocycles. The normalized spacial score (nSPS) is 10.7. The summed E-state index contributed by atoms with van der Waals surface area (Å²) in [6, 6.07) is 12.8. The molecule has 150 valence electrons. The average molecular weight is 390 g/mol. The molecule has 3 rings (SSSR count). The quantitative estimate of drug-likeness (QED) is 0.554. The molecule has 0 aliphatic heterocycles. The Bertz CT molecular complexity index is 952. The molecule has 6 heteroatoms. The second-order valence-corrected chi connectivity index (χ2v) is 6.82. The highest BCUT2D eigenvalue weighted by molar-refractivity contribution is 6.06. The van der Waals surface area contributed by atoms with E-state index in [1.54, 1.807) is 29.4 Å². The van der Waals surface area contributed by atoms with Crippen LogP contribution in [-0.4, -0.2) is 33.2 Å². The molecule has 0 fully saturated rings. The zero-order chi connectivity index (χ0) is 20.6. The molecule has 0 saturated heterocycles. The lowest BCUT2D eigenvalue weighted by atomic mass is 10.1. The average Bonchev–Trinajstić information content (AvgIpc) is 3.18. The van der Waals surface area contributed by atoms with Crippen LogP contribution in [-0.2, 0) is 12.8 Å². The predicted molar refractivity (Wildman–Crippen MR) is 113 cm³/mol. The zero-order valence-corrected chi connectivity index (χ0v) is 16.9. The minimum Gasteiger partial charge on any atom is -0.345 e. The van der Waals surface area contributed by atoms with Crippen LogP contribution in [0.15, 0.2) is 54.9 Å². The van der Waals surface area contributed by atoms with Crippen LogP contribution in [0.25, 0.3) is 0 Å². The van der Waals surface area contributed by atoms with Crippen LogP contribution in [0.1, 0.15) is 59.1 Å². The summed E-state index contributed by atoms with van der Waals surface area (Å²) in [5.41, 5.74) is 2.66. The van der Waals surface area contributed by atoms with E-state index in [4.69, 9.17) is 0 Å². The van der Waals surface area contributed by atoms with Crippen molar-refractivity contribution in [2.75, 3.05) is 11.4 Å². The van der Waals surface area contributed by atoms with Crippen LogP contribution in [0.3, 0.4) is 0 Å². The number of hydrogen-bond acceptors (Lipinski definition) is 4. The van der Waals surface area contributed by atoms with Gasteiger partial charge in [0.15, 0.2) is 5.78 Å². The van der Waals surface area contributed by atoms with Crippen molar-refractivity contribution in [3.63, 3.8) is 0 Å². The molecular weight excluding hydrogens is 364 g/mol. The number of nitrogens with one attached hydrogen (secondary N) is 1. The Balaban J connectivity index is 1.80. The van der Waals surface area contributed by atoms with Crippen LogP contribution < -0.4 is 4.90 Å². The smallest absolute Gasteiger partial charge is 0.258 e. The van der Waals surface area contributed by atoms with Gasteiger partial charge in [-0.15, -0.1) is 0 Å². The highest BCUT2D eigenvalue weighted by atomic mass is 16.2. The third kappa shape index (κ3) is 4.96. The first-order valence-electron chi connectivity index (χ1n) is 10.0. The van der Waals surface area contributed by atoms with Crippen LogP contribution in [0, 0.1) is 0 Å². The number of hydrogen-bond donors (Lipinski definition) is 1. The molecule has 0 spiro atoms.